The highest BCUT2D eigenvalue weighted by Gasteiger charge is 2.36. The minimum Gasteiger partial charge on any atom is -0.492 e. The van der Waals surface area contributed by atoms with E-state index in [2.05, 4.69) is 5.32 Å². The van der Waals surface area contributed by atoms with E-state index in [9.17, 15) is 18.0 Å². The molecule has 0 aliphatic carbocycles. The Morgan fingerprint density at radius 1 is 0.826 bits per heavy atom. The van der Waals surface area contributed by atoms with Crippen molar-refractivity contribution in [1.29, 1.82) is 0 Å². The summed E-state index contributed by atoms with van der Waals surface area (Å²) >= 11 is 0. The monoisotopic (exact) mass is 641 g/mol. The number of carbonyl (C=O) groups is 2. The Kier molecular flexibility index (Phi) is 11.2. The fraction of sp³-hybridized carbons (Fsp3) is 0.297. The van der Waals surface area contributed by atoms with Gasteiger partial charge in [0.25, 0.3) is 10.0 Å². The zero-order valence-corrected chi connectivity index (χ0v) is 28.0. The smallest absolute Gasteiger partial charge is 0.264 e. The lowest BCUT2D eigenvalue weighted by Crippen LogP contribution is -2.56. The van der Waals surface area contributed by atoms with E-state index >= 15 is 0 Å². The van der Waals surface area contributed by atoms with Crippen LogP contribution in [-0.4, -0.2) is 49.9 Å². The second-order valence-corrected chi connectivity index (χ2v) is 14.0. The van der Waals surface area contributed by atoms with Gasteiger partial charge < -0.3 is 15.0 Å². The molecule has 4 rings (SSSR count). The van der Waals surface area contributed by atoms with Gasteiger partial charge in [0, 0.05) is 18.5 Å². The lowest BCUT2D eigenvalue weighted by molar-refractivity contribution is -0.140. The maximum atomic E-state index is 14.7. The van der Waals surface area contributed by atoms with E-state index in [1.165, 1.54) is 17.0 Å². The van der Waals surface area contributed by atoms with Crippen LogP contribution < -0.4 is 14.4 Å². The number of ether oxygens (including phenoxy) is 1. The van der Waals surface area contributed by atoms with E-state index in [4.69, 9.17) is 4.74 Å². The number of aryl methyl sites for hydroxylation is 1. The number of rotatable bonds is 13. The molecule has 46 heavy (non-hydrogen) atoms. The van der Waals surface area contributed by atoms with Crippen LogP contribution in [0.4, 0.5) is 5.69 Å². The fourth-order valence-electron chi connectivity index (χ4n) is 5.19. The number of nitrogens with one attached hydrogen (secondary N) is 1. The molecule has 0 saturated heterocycles. The Bertz CT molecular complexity index is 1720. The number of amides is 2. The van der Waals surface area contributed by atoms with Gasteiger partial charge in [0.15, 0.2) is 0 Å². The van der Waals surface area contributed by atoms with Crippen molar-refractivity contribution in [2.24, 2.45) is 0 Å². The number of sulfonamides is 1. The molecule has 8 nitrogen and oxygen atoms in total. The first-order valence-corrected chi connectivity index (χ1v) is 16.8. The van der Waals surface area contributed by atoms with Gasteiger partial charge in [-0.25, -0.2) is 8.42 Å². The lowest BCUT2D eigenvalue weighted by atomic mass is 10.0. The van der Waals surface area contributed by atoms with E-state index in [1.54, 1.807) is 42.5 Å². The molecule has 1 N–H and O–H groups in total. The maximum absolute atomic E-state index is 14.7. The van der Waals surface area contributed by atoms with Crippen LogP contribution in [0.1, 0.15) is 44.4 Å². The van der Waals surface area contributed by atoms with Crippen molar-refractivity contribution < 1.29 is 22.7 Å². The third-order valence-corrected chi connectivity index (χ3v) is 9.02. The number of hydrogen-bond donors (Lipinski definition) is 1. The van der Waals surface area contributed by atoms with Gasteiger partial charge in [-0.2, -0.15) is 0 Å². The minimum absolute atomic E-state index is 0.0330. The summed E-state index contributed by atoms with van der Waals surface area (Å²) < 4.78 is 35.4. The molecule has 0 radical (unpaired) electrons. The van der Waals surface area contributed by atoms with Crippen molar-refractivity contribution in [1.82, 2.24) is 10.2 Å². The van der Waals surface area contributed by atoms with Gasteiger partial charge in [0.05, 0.1) is 17.2 Å². The molecule has 0 fully saturated rings. The standard InChI is InChI=1S/C37H43N3O5S/c1-6-45-34-23-14-13-22-32(34)40(46(43,44)31-20-11-8-12-21-31)27-35(41)39(26-30-19-15-16-28(2)24-30)33(36(42)38-37(3,4)5)25-29-17-9-7-10-18-29/h7-24,33H,6,25-27H2,1-5H3,(H,38,42). The average molecular weight is 642 g/mol. The highest BCUT2D eigenvalue weighted by molar-refractivity contribution is 7.92. The van der Waals surface area contributed by atoms with Gasteiger partial charge in [-0.15, -0.1) is 0 Å². The number of hydrogen-bond acceptors (Lipinski definition) is 5. The molecule has 0 aliphatic heterocycles. The summed E-state index contributed by atoms with van der Waals surface area (Å²) in [6, 6.07) is 31.0. The summed E-state index contributed by atoms with van der Waals surface area (Å²) in [5.74, 6) is -0.532. The average Bonchev–Trinajstić information content (AvgIpc) is 3.02. The number of nitrogens with zero attached hydrogens (tertiary/aromatic N) is 2. The van der Waals surface area contributed by atoms with Crippen LogP contribution in [0.15, 0.2) is 114 Å². The van der Waals surface area contributed by atoms with Gasteiger partial charge in [0.2, 0.25) is 11.8 Å². The molecule has 242 valence electrons. The van der Waals surface area contributed by atoms with Crippen LogP contribution in [-0.2, 0) is 32.6 Å². The highest BCUT2D eigenvalue weighted by atomic mass is 32.2. The van der Waals surface area contributed by atoms with Crippen molar-refractivity contribution in [2.75, 3.05) is 17.5 Å². The van der Waals surface area contributed by atoms with E-state index < -0.39 is 34.1 Å². The molecule has 4 aromatic carbocycles. The van der Waals surface area contributed by atoms with Crippen LogP contribution in [0.5, 0.6) is 5.75 Å². The van der Waals surface area contributed by atoms with Crippen molar-refractivity contribution in [3.63, 3.8) is 0 Å². The second-order valence-electron chi connectivity index (χ2n) is 12.2. The molecular formula is C37H43N3O5S. The Morgan fingerprint density at radius 3 is 2.07 bits per heavy atom. The summed E-state index contributed by atoms with van der Waals surface area (Å²) in [7, 11) is -4.23. The SMILES string of the molecule is CCOc1ccccc1N(CC(=O)N(Cc1cccc(C)c1)C(Cc1ccccc1)C(=O)NC(C)(C)C)S(=O)(=O)c1ccccc1. The molecule has 0 heterocycles. The quantitative estimate of drug-likeness (QED) is 0.189. The van der Waals surface area contributed by atoms with Crippen molar-refractivity contribution in [3.05, 3.63) is 126 Å². The van der Waals surface area contributed by atoms with Gasteiger partial charge in [-0.3, -0.25) is 13.9 Å². The molecule has 0 spiro atoms. The first-order chi connectivity index (χ1) is 21.9. The fourth-order valence-corrected chi connectivity index (χ4v) is 6.63. The van der Waals surface area contributed by atoms with E-state index in [1.807, 2.05) is 89.2 Å². The summed E-state index contributed by atoms with van der Waals surface area (Å²) in [4.78, 5) is 30.2. The van der Waals surface area contributed by atoms with Crippen molar-refractivity contribution in [2.45, 2.75) is 64.1 Å². The summed E-state index contributed by atoms with van der Waals surface area (Å²) in [5.41, 5.74) is 2.36. The van der Waals surface area contributed by atoms with Crippen LogP contribution >= 0.6 is 0 Å². The summed E-state index contributed by atoms with van der Waals surface area (Å²) in [6.07, 6.45) is 0.237. The lowest BCUT2D eigenvalue weighted by Gasteiger charge is -2.35. The highest BCUT2D eigenvalue weighted by Crippen LogP contribution is 2.33. The van der Waals surface area contributed by atoms with Gasteiger partial charge >= 0.3 is 0 Å². The Labute approximate surface area is 273 Å². The third kappa shape index (κ3) is 8.97. The van der Waals surface area contributed by atoms with Crippen LogP contribution in [0.2, 0.25) is 0 Å². The molecule has 0 bridgehead atoms. The zero-order valence-electron chi connectivity index (χ0n) is 27.1. The summed E-state index contributed by atoms with van der Waals surface area (Å²) in [6.45, 7) is 9.27. The Balaban J connectivity index is 1.85. The first kappa shape index (κ1) is 34.2. The number of benzene rings is 4. The first-order valence-electron chi connectivity index (χ1n) is 15.4. The molecule has 9 heteroatoms. The third-order valence-electron chi connectivity index (χ3n) is 7.25. The molecule has 0 aromatic heterocycles. The maximum Gasteiger partial charge on any atom is 0.264 e. The molecular weight excluding hydrogens is 598 g/mol. The van der Waals surface area contributed by atoms with Crippen LogP contribution in [0.3, 0.4) is 0 Å². The van der Waals surface area contributed by atoms with Crippen LogP contribution in [0.25, 0.3) is 0 Å². The molecule has 1 atom stereocenters. The molecule has 0 saturated carbocycles. The van der Waals surface area contributed by atoms with Crippen molar-refractivity contribution in [3.8, 4) is 5.75 Å². The Morgan fingerprint density at radius 2 is 1.43 bits per heavy atom. The van der Waals surface area contributed by atoms with E-state index in [-0.39, 0.29) is 29.5 Å². The number of carbonyl (C=O) groups excluding carboxylic acids is 2. The van der Waals surface area contributed by atoms with E-state index in [0.29, 0.717) is 12.4 Å². The van der Waals surface area contributed by atoms with Crippen LogP contribution in [0, 0.1) is 6.92 Å². The predicted octanol–water partition coefficient (Wildman–Crippen LogP) is 6.14. The zero-order chi connectivity index (χ0) is 33.3. The molecule has 2 amide bonds. The summed E-state index contributed by atoms with van der Waals surface area (Å²) in [5, 5.41) is 3.05. The number of anilines is 1. The molecule has 1 unspecified atom stereocenters. The van der Waals surface area contributed by atoms with Gasteiger partial charge in [-0.05, 0) is 70.0 Å². The molecule has 4 aromatic rings. The second kappa shape index (κ2) is 15.1. The van der Waals surface area contributed by atoms with Gasteiger partial charge in [-0.1, -0.05) is 90.5 Å². The molecule has 0 aliphatic rings. The van der Waals surface area contributed by atoms with Gasteiger partial charge in [0.1, 0.15) is 18.3 Å². The van der Waals surface area contributed by atoms with E-state index in [0.717, 1.165) is 21.0 Å². The largest absolute Gasteiger partial charge is 0.492 e. The van der Waals surface area contributed by atoms with Crippen molar-refractivity contribution >= 4 is 27.5 Å². The normalized spacial score (nSPS) is 12.2. The predicted molar refractivity (Wildman–Crippen MR) is 182 cm³/mol. The minimum atomic E-state index is -4.23. The number of para-hydroxylation sites is 2. The Hall–Kier alpha value is -4.63. The topological polar surface area (TPSA) is 96.0 Å².